The SMILES string of the molecule is COCCOc1ccc(CCCN(C(=O)O)S(=O)(=O)c2ccccc2C)c(Oc2ncc(C(F)(F)F)cc2Cl)c1. The molecule has 0 spiro atoms. The highest BCUT2D eigenvalue weighted by Crippen LogP contribution is 2.36. The van der Waals surface area contributed by atoms with Gasteiger partial charge in [-0.1, -0.05) is 35.9 Å². The molecule has 40 heavy (non-hydrogen) atoms. The standard InChI is InChI=1S/C26H26ClF3N2O7S/c1-17-6-3-4-8-23(17)40(35,36)32(25(33)34)11-5-7-18-9-10-20(38-13-12-37-2)15-22(18)39-24-21(27)14-19(16-31-24)26(28,29)30/h3-4,6,8-10,14-16H,5,7,11-13H2,1-2H3,(H,33,34). The average molecular weight is 603 g/mol. The topological polar surface area (TPSA) is 115 Å². The Morgan fingerprint density at radius 3 is 2.48 bits per heavy atom. The highest BCUT2D eigenvalue weighted by atomic mass is 35.5. The van der Waals surface area contributed by atoms with Gasteiger partial charge in [0.25, 0.3) is 10.0 Å². The van der Waals surface area contributed by atoms with Crippen molar-refractivity contribution in [3.8, 4) is 17.4 Å². The summed E-state index contributed by atoms with van der Waals surface area (Å²) in [6.07, 6.45) is -5.50. The van der Waals surface area contributed by atoms with Gasteiger partial charge >= 0.3 is 12.3 Å². The number of hydrogen-bond donors (Lipinski definition) is 1. The van der Waals surface area contributed by atoms with Crippen LogP contribution in [0.25, 0.3) is 0 Å². The first-order valence-electron chi connectivity index (χ1n) is 11.8. The summed E-state index contributed by atoms with van der Waals surface area (Å²) < 4.78 is 81.8. The van der Waals surface area contributed by atoms with Crippen LogP contribution in [-0.2, 0) is 27.4 Å². The predicted molar refractivity (Wildman–Crippen MR) is 140 cm³/mol. The Kier molecular flexibility index (Phi) is 10.2. The van der Waals surface area contributed by atoms with Crippen LogP contribution in [0.2, 0.25) is 5.02 Å². The van der Waals surface area contributed by atoms with Crippen LogP contribution in [0.15, 0.2) is 59.6 Å². The number of hydrogen-bond acceptors (Lipinski definition) is 7. The van der Waals surface area contributed by atoms with Crippen LogP contribution in [-0.4, -0.2) is 55.8 Å². The van der Waals surface area contributed by atoms with Gasteiger partial charge in [0.1, 0.15) is 23.1 Å². The van der Waals surface area contributed by atoms with Gasteiger partial charge in [0.2, 0.25) is 5.88 Å². The number of ether oxygens (including phenoxy) is 3. The maximum Gasteiger partial charge on any atom is 0.421 e. The number of benzene rings is 2. The van der Waals surface area contributed by atoms with E-state index < -0.39 is 27.9 Å². The number of carboxylic acid groups (broad SMARTS) is 1. The number of amides is 1. The highest BCUT2D eigenvalue weighted by Gasteiger charge is 2.32. The first-order chi connectivity index (χ1) is 18.8. The molecule has 0 bridgehead atoms. The number of carbonyl (C=O) groups is 1. The Hall–Kier alpha value is -3.55. The highest BCUT2D eigenvalue weighted by molar-refractivity contribution is 7.89. The maximum absolute atomic E-state index is 13.0. The van der Waals surface area contributed by atoms with E-state index in [-0.39, 0.29) is 47.5 Å². The molecule has 0 unspecified atom stereocenters. The summed E-state index contributed by atoms with van der Waals surface area (Å²) in [6, 6.07) is 11.4. The lowest BCUT2D eigenvalue weighted by Gasteiger charge is -2.21. The van der Waals surface area contributed by atoms with Crippen molar-refractivity contribution in [3.63, 3.8) is 0 Å². The number of aromatic nitrogens is 1. The fraction of sp³-hybridized carbons (Fsp3) is 0.308. The van der Waals surface area contributed by atoms with Gasteiger partial charge in [-0.3, -0.25) is 0 Å². The smallest absolute Gasteiger partial charge is 0.421 e. The zero-order valence-electron chi connectivity index (χ0n) is 21.4. The number of alkyl halides is 3. The third-order valence-electron chi connectivity index (χ3n) is 5.62. The van der Waals surface area contributed by atoms with Crippen LogP contribution in [0, 0.1) is 6.92 Å². The normalized spacial score (nSPS) is 11.8. The van der Waals surface area contributed by atoms with Crippen LogP contribution in [0.3, 0.4) is 0 Å². The summed E-state index contributed by atoms with van der Waals surface area (Å²) in [5, 5.41) is 9.27. The van der Waals surface area contributed by atoms with Gasteiger partial charge in [-0.15, -0.1) is 0 Å². The van der Waals surface area contributed by atoms with Gasteiger partial charge in [0.15, 0.2) is 0 Å². The van der Waals surface area contributed by atoms with E-state index >= 15 is 0 Å². The van der Waals surface area contributed by atoms with Crippen molar-refractivity contribution >= 4 is 27.7 Å². The average Bonchev–Trinajstić information content (AvgIpc) is 2.88. The predicted octanol–water partition coefficient (Wildman–Crippen LogP) is 6.18. The third kappa shape index (κ3) is 7.77. The molecule has 0 fully saturated rings. The van der Waals surface area contributed by atoms with Gasteiger partial charge in [-0.25, -0.2) is 22.5 Å². The molecule has 0 saturated heterocycles. The molecule has 216 valence electrons. The van der Waals surface area contributed by atoms with Crippen LogP contribution in [0.4, 0.5) is 18.0 Å². The Morgan fingerprint density at radius 1 is 1.12 bits per heavy atom. The van der Waals surface area contributed by atoms with Crippen LogP contribution in [0.1, 0.15) is 23.1 Å². The maximum atomic E-state index is 13.0. The third-order valence-corrected chi connectivity index (χ3v) is 7.82. The molecule has 14 heteroatoms. The van der Waals surface area contributed by atoms with Crippen LogP contribution < -0.4 is 9.47 Å². The molecule has 0 aliphatic heterocycles. The van der Waals surface area contributed by atoms with Gasteiger partial charge in [0, 0.05) is 25.9 Å². The monoisotopic (exact) mass is 602 g/mol. The summed E-state index contributed by atoms with van der Waals surface area (Å²) in [4.78, 5) is 15.4. The number of sulfonamides is 1. The van der Waals surface area contributed by atoms with Gasteiger partial charge < -0.3 is 19.3 Å². The van der Waals surface area contributed by atoms with E-state index in [4.69, 9.17) is 25.8 Å². The number of methoxy groups -OCH3 is 1. The summed E-state index contributed by atoms with van der Waals surface area (Å²) in [7, 11) is -2.84. The Labute approximate surface area is 234 Å². The molecule has 0 radical (unpaired) electrons. The van der Waals surface area contributed by atoms with Crippen LogP contribution in [0.5, 0.6) is 17.4 Å². The lowest BCUT2D eigenvalue weighted by atomic mass is 10.1. The molecule has 1 heterocycles. The molecule has 2 aromatic carbocycles. The van der Waals surface area contributed by atoms with E-state index in [1.165, 1.54) is 25.3 Å². The molecule has 9 nitrogen and oxygen atoms in total. The van der Waals surface area contributed by atoms with E-state index in [1.807, 2.05) is 0 Å². The minimum Gasteiger partial charge on any atom is -0.491 e. The van der Waals surface area contributed by atoms with Crippen molar-refractivity contribution in [1.82, 2.24) is 9.29 Å². The number of rotatable bonds is 12. The number of halogens is 4. The van der Waals surface area contributed by atoms with Crippen molar-refractivity contribution in [3.05, 3.63) is 76.4 Å². The van der Waals surface area contributed by atoms with Crippen molar-refractivity contribution in [2.75, 3.05) is 26.9 Å². The number of pyridine rings is 1. The minimum absolute atomic E-state index is 0.0613. The van der Waals surface area contributed by atoms with Crippen LogP contribution >= 0.6 is 11.6 Å². The van der Waals surface area contributed by atoms with Gasteiger partial charge in [-0.05, 0) is 49.1 Å². The molecule has 1 amide bonds. The zero-order valence-corrected chi connectivity index (χ0v) is 23.0. The molecule has 0 aliphatic carbocycles. The molecule has 3 rings (SSSR count). The van der Waals surface area contributed by atoms with Crippen molar-refractivity contribution < 1.29 is 45.7 Å². The second-order valence-corrected chi connectivity index (χ2v) is 10.7. The van der Waals surface area contributed by atoms with E-state index in [1.54, 1.807) is 31.2 Å². The summed E-state index contributed by atoms with van der Waals surface area (Å²) >= 11 is 6.01. The second-order valence-electron chi connectivity index (χ2n) is 8.45. The first kappa shape index (κ1) is 31.0. The van der Waals surface area contributed by atoms with E-state index in [9.17, 15) is 31.5 Å². The van der Waals surface area contributed by atoms with Gasteiger partial charge in [0.05, 0.1) is 17.1 Å². The van der Waals surface area contributed by atoms with Crippen molar-refractivity contribution in [2.24, 2.45) is 0 Å². The lowest BCUT2D eigenvalue weighted by molar-refractivity contribution is -0.137. The Balaban J connectivity index is 1.85. The summed E-state index contributed by atoms with van der Waals surface area (Å²) in [6.45, 7) is 1.70. The quantitative estimate of drug-likeness (QED) is 0.244. The molecular weight excluding hydrogens is 577 g/mol. The second kappa shape index (κ2) is 13.2. The number of aryl methyl sites for hydroxylation is 2. The Bertz CT molecular complexity index is 1450. The van der Waals surface area contributed by atoms with Gasteiger partial charge in [-0.2, -0.15) is 13.2 Å². The fourth-order valence-electron chi connectivity index (χ4n) is 3.63. The lowest BCUT2D eigenvalue weighted by Crippen LogP contribution is -2.37. The van der Waals surface area contributed by atoms with Crippen molar-refractivity contribution in [1.29, 1.82) is 0 Å². The molecule has 0 aliphatic rings. The van der Waals surface area contributed by atoms with E-state index in [0.29, 0.717) is 40.1 Å². The molecule has 1 N–H and O–H groups in total. The Morgan fingerprint density at radius 2 is 1.85 bits per heavy atom. The minimum atomic E-state index is -4.65. The summed E-state index contributed by atoms with van der Waals surface area (Å²) in [5.41, 5.74) is -0.171. The number of nitrogens with zero attached hydrogens (tertiary/aromatic N) is 2. The van der Waals surface area contributed by atoms with E-state index in [2.05, 4.69) is 4.98 Å². The molecular formula is C26H26ClF3N2O7S. The van der Waals surface area contributed by atoms with E-state index in [0.717, 1.165) is 0 Å². The molecule has 3 aromatic rings. The fourth-order valence-corrected chi connectivity index (χ4v) is 5.37. The first-order valence-corrected chi connectivity index (χ1v) is 13.6. The molecule has 0 atom stereocenters. The summed E-state index contributed by atoms with van der Waals surface area (Å²) in [5.74, 6) is 0.195. The van der Waals surface area contributed by atoms with Crippen molar-refractivity contribution in [2.45, 2.75) is 30.8 Å². The molecule has 0 saturated carbocycles. The molecule has 1 aromatic heterocycles. The zero-order chi connectivity index (χ0) is 29.5. The largest absolute Gasteiger partial charge is 0.491 e.